The largest absolute Gasteiger partial charge is 0.496 e. The molecule has 0 spiro atoms. The molecule has 3 atom stereocenters. The van der Waals surface area contributed by atoms with E-state index in [2.05, 4.69) is 41.9 Å². The van der Waals surface area contributed by atoms with Crippen molar-refractivity contribution in [2.45, 2.75) is 62.5 Å². The highest BCUT2D eigenvalue weighted by Gasteiger charge is 2.41. The van der Waals surface area contributed by atoms with E-state index < -0.39 is 41.4 Å². The summed E-state index contributed by atoms with van der Waals surface area (Å²) in [6, 6.07) is 17.6. The molecule has 0 aliphatic carbocycles. The van der Waals surface area contributed by atoms with E-state index in [0.717, 1.165) is 16.6 Å². The molecule has 8 rings (SSSR count). The Hall–Kier alpha value is -5.03. The Kier molecular flexibility index (Phi) is 10.7. The zero-order valence-electron chi connectivity index (χ0n) is 30.8. The van der Waals surface area contributed by atoms with Gasteiger partial charge in [-0.3, -0.25) is 0 Å². The van der Waals surface area contributed by atoms with Crippen LogP contribution in [-0.4, -0.2) is 48.7 Å². The Bertz CT molecular complexity index is 2530. The highest BCUT2D eigenvalue weighted by molar-refractivity contribution is 9.10. The summed E-state index contributed by atoms with van der Waals surface area (Å²) in [7, 11) is 3.01. The molecule has 0 bridgehead atoms. The zero-order valence-corrected chi connectivity index (χ0v) is 34.0. The van der Waals surface area contributed by atoms with Crippen LogP contribution in [0.4, 0.5) is 26.3 Å². The molecule has 5 heterocycles. The first kappa shape index (κ1) is 39.8. The summed E-state index contributed by atoms with van der Waals surface area (Å²) in [6.45, 7) is 0.484. The van der Waals surface area contributed by atoms with Crippen molar-refractivity contribution in [3.63, 3.8) is 0 Å². The third-order valence-electron chi connectivity index (χ3n) is 10.5. The molecule has 2 aliphatic heterocycles. The van der Waals surface area contributed by atoms with Crippen molar-refractivity contribution >= 4 is 44.0 Å². The molecule has 3 unspecified atom stereocenters. The average molecular weight is 930 g/mol. The molecular weight excluding hydrogens is 896 g/mol. The molecule has 0 saturated carbocycles. The van der Waals surface area contributed by atoms with E-state index in [1.165, 1.54) is 32.4 Å². The molecule has 0 amide bonds. The van der Waals surface area contributed by atoms with Crippen LogP contribution in [0.25, 0.3) is 23.5 Å². The fraction of sp³-hybridized carbons (Fsp3) is 0.293. The number of rotatable bonds is 8. The molecule has 2 aliphatic rings. The first-order valence-corrected chi connectivity index (χ1v) is 19.8. The Morgan fingerprint density at radius 3 is 2.21 bits per heavy atom. The number of fused-ring (bicyclic) bond motifs is 2. The highest BCUT2D eigenvalue weighted by atomic mass is 79.9. The lowest BCUT2D eigenvalue weighted by Gasteiger charge is -2.32. The minimum Gasteiger partial charge on any atom is -0.496 e. The van der Waals surface area contributed by atoms with E-state index in [9.17, 15) is 26.3 Å². The predicted molar refractivity (Wildman–Crippen MR) is 210 cm³/mol. The van der Waals surface area contributed by atoms with Gasteiger partial charge < -0.3 is 9.47 Å². The standard InChI is InChI=1S/C41H33Br2F6N7O2/c1-57-34-21-23(10-15-31(34)42)36-52-37-26(7-5-19-55(37)54-36)28-20-22(9-14-30(28)41(47,48)49)33-17-13-27(25-6-3-4-8-29(25)40(44,45)46)38-51-35(53-56(33)38)18-12-24-11-16-32(43)39(50-24)58-2/h3-4,6,8-12,14-16,18,20-21,26-27,33H,5,7,13,17,19H2,1-2H3/b18-12+. The molecule has 6 aromatic rings. The van der Waals surface area contributed by atoms with Crippen LogP contribution in [-0.2, 0) is 18.9 Å². The third-order valence-corrected chi connectivity index (χ3v) is 11.8. The molecule has 58 heavy (non-hydrogen) atoms. The second-order valence-corrected chi connectivity index (χ2v) is 15.7. The van der Waals surface area contributed by atoms with Crippen LogP contribution in [0.5, 0.6) is 11.6 Å². The summed E-state index contributed by atoms with van der Waals surface area (Å²) in [4.78, 5) is 14.0. The first-order chi connectivity index (χ1) is 27.7. The van der Waals surface area contributed by atoms with Crippen molar-refractivity contribution in [3.8, 4) is 23.0 Å². The number of hydrogen-bond donors (Lipinski definition) is 0. The van der Waals surface area contributed by atoms with Gasteiger partial charge in [-0.25, -0.2) is 24.3 Å². The number of pyridine rings is 1. The second kappa shape index (κ2) is 15.6. The summed E-state index contributed by atoms with van der Waals surface area (Å²) >= 11 is 6.82. The van der Waals surface area contributed by atoms with Gasteiger partial charge in [0.1, 0.15) is 17.4 Å². The summed E-state index contributed by atoms with van der Waals surface area (Å²) in [5, 5.41) is 9.45. The number of aromatic nitrogens is 7. The van der Waals surface area contributed by atoms with Crippen LogP contribution in [0.1, 0.15) is 94.5 Å². The van der Waals surface area contributed by atoms with Crippen molar-refractivity contribution in [1.29, 1.82) is 0 Å². The summed E-state index contributed by atoms with van der Waals surface area (Å²) in [5.74, 6) is 0.597. The van der Waals surface area contributed by atoms with Gasteiger partial charge in [0.25, 0.3) is 0 Å². The molecule has 300 valence electrons. The van der Waals surface area contributed by atoms with E-state index in [0.29, 0.717) is 64.0 Å². The van der Waals surface area contributed by atoms with Crippen LogP contribution >= 0.6 is 31.9 Å². The molecule has 9 nitrogen and oxygen atoms in total. The quantitative estimate of drug-likeness (QED) is 0.140. The average Bonchev–Trinajstić information content (AvgIpc) is 3.85. The number of methoxy groups -OCH3 is 2. The van der Waals surface area contributed by atoms with Crippen LogP contribution in [0.3, 0.4) is 0 Å². The predicted octanol–water partition coefficient (Wildman–Crippen LogP) is 11.1. The number of benzene rings is 3. The topological polar surface area (TPSA) is 92.8 Å². The van der Waals surface area contributed by atoms with Gasteiger partial charge in [-0.15, -0.1) is 0 Å². The van der Waals surface area contributed by atoms with Crippen molar-refractivity contribution in [2.24, 2.45) is 0 Å². The molecule has 0 saturated heterocycles. The maximum Gasteiger partial charge on any atom is 0.416 e. The van der Waals surface area contributed by atoms with Gasteiger partial charge >= 0.3 is 12.4 Å². The smallest absolute Gasteiger partial charge is 0.416 e. The summed E-state index contributed by atoms with van der Waals surface area (Å²) < 4.78 is 103. The minimum atomic E-state index is -4.68. The molecule has 0 N–H and O–H groups in total. The Labute approximate surface area is 345 Å². The maximum atomic E-state index is 14.9. The van der Waals surface area contributed by atoms with Crippen molar-refractivity contribution in [1.82, 2.24) is 34.5 Å². The number of ether oxygens (including phenoxy) is 2. The highest BCUT2D eigenvalue weighted by Crippen LogP contribution is 2.47. The van der Waals surface area contributed by atoms with Crippen LogP contribution in [0.2, 0.25) is 0 Å². The van der Waals surface area contributed by atoms with Crippen molar-refractivity contribution in [2.75, 3.05) is 14.2 Å². The van der Waals surface area contributed by atoms with Gasteiger partial charge in [-0.05, 0) is 129 Å². The van der Waals surface area contributed by atoms with Crippen molar-refractivity contribution < 1.29 is 35.8 Å². The Morgan fingerprint density at radius 1 is 0.707 bits per heavy atom. The number of aryl methyl sites for hydroxylation is 1. The summed E-state index contributed by atoms with van der Waals surface area (Å²) in [6.07, 6.45) is -4.58. The van der Waals surface area contributed by atoms with Gasteiger partial charge in [0, 0.05) is 23.9 Å². The molecule has 3 aromatic carbocycles. The third kappa shape index (κ3) is 7.65. The van der Waals surface area contributed by atoms with Crippen molar-refractivity contribution in [3.05, 3.63) is 133 Å². The Balaban J connectivity index is 1.22. The van der Waals surface area contributed by atoms with Gasteiger partial charge in [-0.1, -0.05) is 30.3 Å². The van der Waals surface area contributed by atoms with Gasteiger partial charge in [0.05, 0.1) is 46.0 Å². The number of hydrogen-bond acceptors (Lipinski definition) is 7. The molecule has 0 fully saturated rings. The lowest BCUT2D eigenvalue weighted by atomic mass is 9.82. The monoisotopic (exact) mass is 927 g/mol. The normalized spacial score (nSPS) is 18.3. The van der Waals surface area contributed by atoms with Gasteiger partial charge in [0.15, 0.2) is 11.6 Å². The molecular formula is C41H33Br2F6N7O2. The van der Waals surface area contributed by atoms with E-state index in [1.54, 1.807) is 64.0 Å². The van der Waals surface area contributed by atoms with Crippen LogP contribution in [0, 0.1) is 0 Å². The van der Waals surface area contributed by atoms with Crippen LogP contribution < -0.4 is 9.47 Å². The zero-order chi connectivity index (χ0) is 40.9. The molecule has 3 aromatic heterocycles. The lowest BCUT2D eigenvalue weighted by Crippen LogP contribution is -2.26. The fourth-order valence-electron chi connectivity index (χ4n) is 7.86. The first-order valence-electron chi connectivity index (χ1n) is 18.2. The van der Waals surface area contributed by atoms with E-state index in [4.69, 9.17) is 24.5 Å². The van der Waals surface area contributed by atoms with Gasteiger partial charge in [0.2, 0.25) is 5.88 Å². The maximum absolute atomic E-state index is 14.9. The van der Waals surface area contributed by atoms with Gasteiger partial charge in [-0.2, -0.15) is 36.5 Å². The van der Waals surface area contributed by atoms with E-state index in [1.807, 2.05) is 0 Å². The Morgan fingerprint density at radius 2 is 1.45 bits per heavy atom. The minimum absolute atomic E-state index is 0.0415. The number of nitrogens with zero attached hydrogens (tertiary/aromatic N) is 7. The van der Waals surface area contributed by atoms with Crippen LogP contribution in [0.15, 0.2) is 81.7 Å². The SMILES string of the molecule is COc1cc(-c2nc3n(n2)CCCC3c2cc(C3CCC(c4ccccc4C(F)(F)F)c4nc(/C=C/c5ccc(Br)c(OC)n5)nn43)ccc2C(F)(F)F)ccc1Br. The fourth-order valence-corrected chi connectivity index (χ4v) is 8.65. The molecule has 17 heteroatoms. The number of alkyl halides is 6. The lowest BCUT2D eigenvalue weighted by molar-refractivity contribution is -0.139. The molecule has 0 radical (unpaired) electrons. The second-order valence-electron chi connectivity index (χ2n) is 14.0. The summed E-state index contributed by atoms with van der Waals surface area (Å²) in [5.41, 5.74) is 0.186. The van der Waals surface area contributed by atoms with E-state index >= 15 is 0 Å². The van der Waals surface area contributed by atoms with E-state index in [-0.39, 0.29) is 35.6 Å². The number of halogens is 8.